The Morgan fingerprint density at radius 2 is 2.17 bits per heavy atom. The Bertz CT molecular complexity index is 663. The van der Waals surface area contributed by atoms with Gasteiger partial charge in [0.15, 0.2) is 11.5 Å². The van der Waals surface area contributed by atoms with Crippen LogP contribution in [0, 0.1) is 0 Å². The Balaban J connectivity index is 1.37. The molecule has 1 saturated heterocycles. The van der Waals surface area contributed by atoms with Crippen LogP contribution in [-0.4, -0.2) is 35.8 Å². The van der Waals surface area contributed by atoms with Crippen LogP contribution < -0.4 is 14.8 Å². The molecule has 120 valence electrons. The monoisotopic (exact) mass is 311 g/mol. The molecule has 1 aromatic carbocycles. The lowest BCUT2D eigenvalue weighted by Gasteiger charge is -2.33. The standard InChI is InChI=1S/C18H21N3O2/c1-3-14(10-19-7-1)11-21-8-2-4-16(12-21)20-15-5-6-17-18(9-15)23-13-22-17/h1,3,5-7,9-10,16,20H,2,4,8,11-13H2. The second-order valence-electron chi connectivity index (χ2n) is 6.15. The summed E-state index contributed by atoms with van der Waals surface area (Å²) in [5.41, 5.74) is 2.37. The molecule has 5 heteroatoms. The summed E-state index contributed by atoms with van der Waals surface area (Å²) >= 11 is 0. The maximum Gasteiger partial charge on any atom is 0.231 e. The third-order valence-corrected chi connectivity index (χ3v) is 4.38. The van der Waals surface area contributed by atoms with Gasteiger partial charge < -0.3 is 14.8 Å². The van der Waals surface area contributed by atoms with Gasteiger partial charge in [-0.3, -0.25) is 9.88 Å². The first-order valence-corrected chi connectivity index (χ1v) is 8.14. The Morgan fingerprint density at radius 1 is 1.22 bits per heavy atom. The van der Waals surface area contributed by atoms with Gasteiger partial charge in [0.1, 0.15) is 0 Å². The molecule has 1 fully saturated rings. The Hall–Kier alpha value is -2.27. The molecule has 1 aromatic heterocycles. The fourth-order valence-corrected chi connectivity index (χ4v) is 3.29. The smallest absolute Gasteiger partial charge is 0.231 e. The number of aromatic nitrogens is 1. The van der Waals surface area contributed by atoms with Crippen LogP contribution in [-0.2, 0) is 6.54 Å². The second-order valence-corrected chi connectivity index (χ2v) is 6.15. The van der Waals surface area contributed by atoms with Gasteiger partial charge in [0.05, 0.1) is 0 Å². The highest BCUT2D eigenvalue weighted by molar-refractivity contribution is 5.56. The van der Waals surface area contributed by atoms with Gasteiger partial charge in [-0.15, -0.1) is 0 Å². The number of fused-ring (bicyclic) bond motifs is 1. The number of pyridine rings is 1. The van der Waals surface area contributed by atoms with Crippen LogP contribution in [0.4, 0.5) is 5.69 Å². The normalized spacial score (nSPS) is 20.4. The lowest BCUT2D eigenvalue weighted by molar-refractivity contribution is 0.174. The number of nitrogens with one attached hydrogen (secondary N) is 1. The molecule has 2 aliphatic heterocycles. The molecule has 0 spiro atoms. The summed E-state index contributed by atoms with van der Waals surface area (Å²) < 4.78 is 10.8. The number of hydrogen-bond acceptors (Lipinski definition) is 5. The zero-order valence-corrected chi connectivity index (χ0v) is 13.1. The topological polar surface area (TPSA) is 46.6 Å². The summed E-state index contributed by atoms with van der Waals surface area (Å²) in [5.74, 6) is 1.66. The number of likely N-dealkylation sites (tertiary alicyclic amines) is 1. The van der Waals surface area contributed by atoms with Crippen molar-refractivity contribution in [1.29, 1.82) is 0 Å². The number of ether oxygens (including phenoxy) is 2. The average Bonchev–Trinajstić information content (AvgIpc) is 3.04. The van der Waals surface area contributed by atoms with Crippen LogP contribution in [0.15, 0.2) is 42.7 Å². The van der Waals surface area contributed by atoms with Crippen molar-refractivity contribution in [2.75, 3.05) is 25.2 Å². The predicted octanol–water partition coefficient (Wildman–Crippen LogP) is 2.89. The Kier molecular flexibility index (Phi) is 4.03. The van der Waals surface area contributed by atoms with Crippen molar-refractivity contribution in [1.82, 2.24) is 9.88 Å². The zero-order valence-electron chi connectivity index (χ0n) is 13.1. The molecular formula is C18H21N3O2. The minimum atomic E-state index is 0.321. The summed E-state index contributed by atoms with van der Waals surface area (Å²) in [4.78, 5) is 6.69. The molecule has 23 heavy (non-hydrogen) atoms. The number of piperidine rings is 1. The summed E-state index contributed by atoms with van der Waals surface area (Å²) in [6.45, 7) is 3.48. The molecule has 1 N–H and O–H groups in total. The zero-order chi connectivity index (χ0) is 15.5. The summed E-state index contributed by atoms with van der Waals surface area (Å²) in [6.07, 6.45) is 6.18. The molecule has 0 bridgehead atoms. The van der Waals surface area contributed by atoms with Crippen molar-refractivity contribution in [2.45, 2.75) is 25.4 Å². The van der Waals surface area contributed by atoms with Gasteiger partial charge in [-0.1, -0.05) is 6.07 Å². The van der Waals surface area contributed by atoms with E-state index in [2.05, 4.69) is 27.3 Å². The first kappa shape index (κ1) is 14.3. The van der Waals surface area contributed by atoms with Gasteiger partial charge in [-0.2, -0.15) is 0 Å². The molecule has 3 heterocycles. The van der Waals surface area contributed by atoms with Gasteiger partial charge >= 0.3 is 0 Å². The van der Waals surface area contributed by atoms with E-state index in [9.17, 15) is 0 Å². The molecule has 1 atom stereocenters. The van der Waals surface area contributed by atoms with Crippen LogP contribution in [0.25, 0.3) is 0 Å². The van der Waals surface area contributed by atoms with Crippen LogP contribution in [0.3, 0.4) is 0 Å². The van der Waals surface area contributed by atoms with Crippen molar-refractivity contribution in [3.05, 3.63) is 48.3 Å². The predicted molar refractivity (Wildman–Crippen MR) is 88.7 cm³/mol. The Morgan fingerprint density at radius 3 is 3.09 bits per heavy atom. The third-order valence-electron chi connectivity index (χ3n) is 4.38. The van der Waals surface area contributed by atoms with E-state index in [0.29, 0.717) is 12.8 Å². The lowest BCUT2D eigenvalue weighted by atomic mass is 10.0. The first-order chi connectivity index (χ1) is 11.4. The van der Waals surface area contributed by atoms with E-state index in [4.69, 9.17) is 9.47 Å². The van der Waals surface area contributed by atoms with Crippen LogP contribution in [0.2, 0.25) is 0 Å². The molecule has 0 aliphatic carbocycles. The maximum atomic E-state index is 5.45. The SMILES string of the molecule is c1cncc(CN2CCCC(Nc3ccc4c(c3)OCO4)C2)c1. The first-order valence-electron chi connectivity index (χ1n) is 8.14. The van der Waals surface area contributed by atoms with E-state index in [1.807, 2.05) is 30.6 Å². The summed E-state index contributed by atoms with van der Waals surface area (Å²) in [5, 5.41) is 3.63. The van der Waals surface area contributed by atoms with Crippen LogP contribution in [0.1, 0.15) is 18.4 Å². The van der Waals surface area contributed by atoms with Crippen molar-refractivity contribution in [3.63, 3.8) is 0 Å². The highest BCUT2D eigenvalue weighted by Gasteiger charge is 2.21. The van der Waals surface area contributed by atoms with Crippen LogP contribution in [0.5, 0.6) is 11.5 Å². The number of anilines is 1. The highest BCUT2D eigenvalue weighted by Crippen LogP contribution is 2.34. The number of nitrogens with zero attached hydrogens (tertiary/aromatic N) is 2. The fourth-order valence-electron chi connectivity index (χ4n) is 3.29. The summed E-state index contributed by atoms with van der Waals surface area (Å²) in [6, 6.07) is 10.7. The molecule has 5 nitrogen and oxygen atoms in total. The third kappa shape index (κ3) is 3.40. The number of benzene rings is 1. The van der Waals surface area contributed by atoms with E-state index in [0.717, 1.165) is 36.8 Å². The highest BCUT2D eigenvalue weighted by atomic mass is 16.7. The molecule has 4 rings (SSSR count). The second kappa shape index (κ2) is 6.46. The molecule has 0 amide bonds. The molecule has 2 aliphatic rings. The van der Waals surface area contributed by atoms with Crippen molar-refractivity contribution in [2.24, 2.45) is 0 Å². The number of hydrogen-bond donors (Lipinski definition) is 1. The largest absolute Gasteiger partial charge is 0.454 e. The minimum Gasteiger partial charge on any atom is -0.454 e. The van der Waals surface area contributed by atoms with Gasteiger partial charge in [0.2, 0.25) is 6.79 Å². The number of rotatable bonds is 4. The van der Waals surface area contributed by atoms with E-state index in [1.54, 1.807) is 0 Å². The lowest BCUT2D eigenvalue weighted by Crippen LogP contribution is -2.41. The molecule has 2 aromatic rings. The van der Waals surface area contributed by atoms with Crippen molar-refractivity contribution < 1.29 is 9.47 Å². The van der Waals surface area contributed by atoms with Gasteiger partial charge in [0.25, 0.3) is 0 Å². The molecular weight excluding hydrogens is 290 g/mol. The van der Waals surface area contributed by atoms with Crippen molar-refractivity contribution >= 4 is 5.69 Å². The van der Waals surface area contributed by atoms with E-state index in [1.165, 1.54) is 18.4 Å². The van der Waals surface area contributed by atoms with E-state index in [-0.39, 0.29) is 0 Å². The van der Waals surface area contributed by atoms with Crippen molar-refractivity contribution in [3.8, 4) is 11.5 Å². The molecule has 0 radical (unpaired) electrons. The molecule has 0 saturated carbocycles. The summed E-state index contributed by atoms with van der Waals surface area (Å²) in [7, 11) is 0. The average molecular weight is 311 g/mol. The maximum absolute atomic E-state index is 5.45. The quantitative estimate of drug-likeness (QED) is 0.941. The van der Waals surface area contributed by atoms with Crippen LogP contribution >= 0.6 is 0 Å². The van der Waals surface area contributed by atoms with Gasteiger partial charge in [0, 0.05) is 43.3 Å². The van der Waals surface area contributed by atoms with E-state index < -0.39 is 0 Å². The van der Waals surface area contributed by atoms with Gasteiger partial charge in [-0.25, -0.2) is 0 Å². The Labute approximate surface area is 136 Å². The van der Waals surface area contributed by atoms with Gasteiger partial charge in [-0.05, 0) is 43.1 Å². The molecule has 1 unspecified atom stereocenters. The minimum absolute atomic E-state index is 0.321. The fraction of sp³-hybridized carbons (Fsp3) is 0.389. The van der Waals surface area contributed by atoms with E-state index >= 15 is 0 Å².